The first-order valence-electron chi connectivity index (χ1n) is 4.80. The van der Waals surface area contributed by atoms with E-state index in [0.717, 1.165) is 29.5 Å². The van der Waals surface area contributed by atoms with Crippen molar-refractivity contribution in [3.63, 3.8) is 0 Å². The molecule has 0 bridgehead atoms. The molecule has 0 saturated carbocycles. The lowest BCUT2D eigenvalue weighted by Crippen LogP contribution is -2.02. The van der Waals surface area contributed by atoms with E-state index in [0.29, 0.717) is 6.42 Å². The lowest BCUT2D eigenvalue weighted by atomic mass is 10.2. The summed E-state index contributed by atoms with van der Waals surface area (Å²) in [5.41, 5.74) is 0.756. The van der Waals surface area contributed by atoms with Gasteiger partial charge in [0, 0.05) is 17.4 Å². The number of hydrogen-bond acceptors (Lipinski definition) is 2. The van der Waals surface area contributed by atoms with Gasteiger partial charge in [-0.3, -0.25) is 0 Å². The Bertz CT molecular complexity index is 360. The average molecular weight is 271 g/mol. The summed E-state index contributed by atoms with van der Waals surface area (Å²) >= 11 is 3.33. The molecule has 0 aromatic heterocycles. The Balaban J connectivity index is 2.37. The number of nitrogens with one attached hydrogen (secondary N) is 1. The summed E-state index contributed by atoms with van der Waals surface area (Å²) in [7, 11) is 0. The Morgan fingerprint density at radius 1 is 1.40 bits per heavy atom. The molecule has 0 saturated heterocycles. The van der Waals surface area contributed by atoms with Gasteiger partial charge >= 0.3 is 0 Å². The molecular formula is C11H12BrFN2. The van der Waals surface area contributed by atoms with E-state index in [4.69, 9.17) is 5.26 Å². The first-order valence-corrected chi connectivity index (χ1v) is 5.59. The molecule has 1 rings (SSSR count). The van der Waals surface area contributed by atoms with Crippen LogP contribution in [-0.2, 0) is 0 Å². The van der Waals surface area contributed by atoms with E-state index in [1.165, 1.54) is 12.1 Å². The molecule has 0 radical (unpaired) electrons. The molecule has 1 aromatic carbocycles. The van der Waals surface area contributed by atoms with Crippen LogP contribution >= 0.6 is 15.9 Å². The standard InChI is InChI=1S/C11H12BrFN2/c12-10-5-4-9(13)8-11(10)15-7-3-1-2-6-14/h4-5,8,15H,1-3,7H2. The number of halogens is 2. The number of rotatable bonds is 5. The van der Waals surface area contributed by atoms with Crippen molar-refractivity contribution in [1.29, 1.82) is 5.26 Å². The smallest absolute Gasteiger partial charge is 0.125 e. The third-order valence-corrected chi connectivity index (χ3v) is 2.65. The van der Waals surface area contributed by atoms with Gasteiger partial charge in [-0.2, -0.15) is 5.26 Å². The second-order valence-corrected chi connectivity index (χ2v) is 4.02. The van der Waals surface area contributed by atoms with Crippen LogP contribution < -0.4 is 5.32 Å². The van der Waals surface area contributed by atoms with Gasteiger partial charge in [0.1, 0.15) is 5.82 Å². The van der Waals surface area contributed by atoms with Gasteiger partial charge in [0.15, 0.2) is 0 Å². The molecule has 0 unspecified atom stereocenters. The van der Waals surface area contributed by atoms with Crippen LogP contribution in [0.1, 0.15) is 19.3 Å². The maximum Gasteiger partial charge on any atom is 0.125 e. The second kappa shape index (κ2) is 6.41. The Kier molecular flexibility index (Phi) is 5.13. The van der Waals surface area contributed by atoms with Crippen LogP contribution in [-0.4, -0.2) is 6.54 Å². The van der Waals surface area contributed by atoms with E-state index in [-0.39, 0.29) is 5.82 Å². The topological polar surface area (TPSA) is 35.8 Å². The van der Waals surface area contributed by atoms with Crippen LogP contribution in [0.2, 0.25) is 0 Å². The Morgan fingerprint density at radius 3 is 2.93 bits per heavy atom. The summed E-state index contributed by atoms with van der Waals surface area (Å²) in [4.78, 5) is 0. The van der Waals surface area contributed by atoms with E-state index in [1.54, 1.807) is 6.07 Å². The van der Waals surface area contributed by atoms with Crippen molar-refractivity contribution in [2.75, 3.05) is 11.9 Å². The molecule has 0 aliphatic carbocycles. The average Bonchev–Trinajstić information content (AvgIpc) is 2.23. The highest BCUT2D eigenvalue weighted by molar-refractivity contribution is 9.10. The monoisotopic (exact) mass is 270 g/mol. The van der Waals surface area contributed by atoms with Gasteiger partial charge in [-0.25, -0.2) is 4.39 Å². The number of anilines is 1. The normalized spacial score (nSPS) is 9.67. The SMILES string of the molecule is N#CCCCCNc1cc(F)ccc1Br. The third kappa shape index (κ3) is 4.30. The predicted octanol–water partition coefficient (Wildman–Crippen LogP) is 3.69. The molecule has 0 aliphatic rings. The second-order valence-electron chi connectivity index (χ2n) is 3.17. The minimum atomic E-state index is -0.252. The molecule has 0 fully saturated rings. The quantitative estimate of drug-likeness (QED) is 0.829. The first-order chi connectivity index (χ1) is 7.24. The molecule has 4 heteroatoms. The fraction of sp³-hybridized carbons (Fsp3) is 0.364. The maximum absolute atomic E-state index is 12.9. The molecule has 80 valence electrons. The van der Waals surface area contributed by atoms with E-state index in [2.05, 4.69) is 27.3 Å². The largest absolute Gasteiger partial charge is 0.384 e. The van der Waals surface area contributed by atoms with Gasteiger partial charge in [0.05, 0.1) is 11.8 Å². The maximum atomic E-state index is 12.9. The van der Waals surface area contributed by atoms with Crippen LogP contribution in [0.25, 0.3) is 0 Å². The lowest BCUT2D eigenvalue weighted by Gasteiger charge is -2.07. The van der Waals surface area contributed by atoms with Crippen LogP contribution in [0.15, 0.2) is 22.7 Å². The van der Waals surface area contributed by atoms with Crippen molar-refractivity contribution in [3.05, 3.63) is 28.5 Å². The summed E-state index contributed by atoms with van der Waals surface area (Å²) in [6.45, 7) is 0.754. The molecule has 0 heterocycles. The van der Waals surface area contributed by atoms with Gasteiger partial charge < -0.3 is 5.32 Å². The van der Waals surface area contributed by atoms with Gasteiger partial charge in [0.25, 0.3) is 0 Å². The van der Waals surface area contributed by atoms with Crippen molar-refractivity contribution in [2.45, 2.75) is 19.3 Å². The fourth-order valence-corrected chi connectivity index (χ4v) is 1.57. The molecule has 0 aliphatic heterocycles. The number of unbranched alkanes of at least 4 members (excludes halogenated alkanes) is 2. The Labute approximate surface area is 97.2 Å². The molecule has 2 nitrogen and oxygen atoms in total. The van der Waals surface area contributed by atoms with Crippen LogP contribution in [0.5, 0.6) is 0 Å². The highest BCUT2D eigenvalue weighted by Gasteiger charge is 2.00. The minimum Gasteiger partial charge on any atom is -0.384 e. The summed E-state index contributed by atoms with van der Waals surface area (Å²) in [5.74, 6) is -0.252. The fourth-order valence-electron chi connectivity index (χ4n) is 1.19. The summed E-state index contributed by atoms with van der Waals surface area (Å²) in [6, 6.07) is 6.62. The summed E-state index contributed by atoms with van der Waals surface area (Å²) in [5, 5.41) is 11.5. The number of nitriles is 1. The van der Waals surface area contributed by atoms with Crippen LogP contribution in [0.4, 0.5) is 10.1 Å². The van der Waals surface area contributed by atoms with Crippen molar-refractivity contribution < 1.29 is 4.39 Å². The number of hydrogen-bond donors (Lipinski definition) is 1. The Hall–Kier alpha value is -1.08. The lowest BCUT2D eigenvalue weighted by molar-refractivity contribution is 0.628. The van der Waals surface area contributed by atoms with Crippen LogP contribution in [0.3, 0.4) is 0 Å². The molecule has 0 spiro atoms. The summed E-state index contributed by atoms with van der Waals surface area (Å²) in [6.07, 6.45) is 2.36. The molecule has 1 N–H and O–H groups in total. The first kappa shape index (κ1) is 12.0. The highest BCUT2D eigenvalue weighted by atomic mass is 79.9. The molecular weight excluding hydrogens is 259 g/mol. The van der Waals surface area contributed by atoms with E-state index in [9.17, 15) is 4.39 Å². The van der Waals surface area contributed by atoms with E-state index in [1.807, 2.05) is 0 Å². The Morgan fingerprint density at radius 2 is 2.20 bits per heavy atom. The molecule has 0 amide bonds. The number of nitrogens with zero attached hydrogens (tertiary/aromatic N) is 1. The zero-order valence-corrected chi connectivity index (χ0v) is 9.85. The predicted molar refractivity (Wildman–Crippen MR) is 62.1 cm³/mol. The van der Waals surface area contributed by atoms with Gasteiger partial charge in [-0.05, 0) is 47.0 Å². The van der Waals surface area contributed by atoms with Gasteiger partial charge in [0.2, 0.25) is 0 Å². The van der Waals surface area contributed by atoms with E-state index >= 15 is 0 Å². The highest BCUT2D eigenvalue weighted by Crippen LogP contribution is 2.22. The van der Waals surface area contributed by atoms with Gasteiger partial charge in [-0.15, -0.1) is 0 Å². The zero-order chi connectivity index (χ0) is 11.1. The zero-order valence-electron chi connectivity index (χ0n) is 8.26. The molecule has 1 aromatic rings. The van der Waals surface area contributed by atoms with Crippen molar-refractivity contribution in [2.24, 2.45) is 0 Å². The minimum absolute atomic E-state index is 0.252. The molecule has 15 heavy (non-hydrogen) atoms. The van der Waals surface area contributed by atoms with E-state index < -0.39 is 0 Å². The van der Waals surface area contributed by atoms with Crippen molar-refractivity contribution >= 4 is 21.6 Å². The number of benzene rings is 1. The summed E-state index contributed by atoms with van der Waals surface area (Å²) < 4.78 is 13.7. The van der Waals surface area contributed by atoms with Gasteiger partial charge in [-0.1, -0.05) is 0 Å². The molecule has 0 atom stereocenters. The van der Waals surface area contributed by atoms with Crippen LogP contribution in [0, 0.1) is 17.1 Å². The van der Waals surface area contributed by atoms with Crippen molar-refractivity contribution in [1.82, 2.24) is 0 Å². The van der Waals surface area contributed by atoms with Crippen molar-refractivity contribution in [3.8, 4) is 6.07 Å². The third-order valence-electron chi connectivity index (χ3n) is 1.96.